The summed E-state index contributed by atoms with van der Waals surface area (Å²) in [4.78, 5) is 36.5. The fraction of sp³-hybridized carbons (Fsp3) is 0.500. The van der Waals surface area contributed by atoms with Crippen molar-refractivity contribution < 1.29 is 33.0 Å². The van der Waals surface area contributed by atoms with E-state index in [1.54, 1.807) is 59.3 Å². The van der Waals surface area contributed by atoms with Gasteiger partial charge in [-0.2, -0.15) is 15.1 Å². The molecule has 0 radical (unpaired) electrons. The Hall–Kier alpha value is -4.76. The number of benzene rings is 1. The first kappa shape index (κ1) is 33.2. The van der Waals surface area contributed by atoms with Gasteiger partial charge in [-0.1, -0.05) is 6.07 Å². The van der Waals surface area contributed by atoms with Gasteiger partial charge in [0.25, 0.3) is 0 Å². The largest absolute Gasteiger partial charge is 0.496 e. The molecule has 2 bridgehead atoms. The number of nitriles is 1. The highest BCUT2D eigenvalue weighted by Crippen LogP contribution is 2.45. The first-order valence-electron chi connectivity index (χ1n) is 16.3. The van der Waals surface area contributed by atoms with E-state index in [0.29, 0.717) is 45.2 Å². The minimum absolute atomic E-state index is 0.0230. The van der Waals surface area contributed by atoms with Gasteiger partial charge in [0.2, 0.25) is 5.88 Å². The monoisotopic (exact) mass is 657 g/mol. The smallest absolute Gasteiger partial charge is 0.425 e. The number of fused-ring (bicyclic) bond motifs is 6. The number of anilines is 1. The number of carbonyl (C=O) groups excluding carboxylic acids is 2. The summed E-state index contributed by atoms with van der Waals surface area (Å²) in [5, 5.41) is 11.8. The van der Waals surface area contributed by atoms with Crippen LogP contribution in [0.25, 0.3) is 27.7 Å². The zero-order valence-corrected chi connectivity index (χ0v) is 29.1. The molecule has 0 saturated carbocycles. The highest BCUT2D eigenvalue weighted by atomic mass is 16.6. The van der Waals surface area contributed by atoms with E-state index in [4.69, 9.17) is 28.3 Å². The molecular formula is C36H43N5O7. The molecule has 1 unspecified atom stereocenters. The van der Waals surface area contributed by atoms with Crippen molar-refractivity contribution in [2.45, 2.75) is 85.5 Å². The van der Waals surface area contributed by atoms with E-state index >= 15 is 0 Å². The van der Waals surface area contributed by atoms with E-state index in [9.17, 15) is 14.9 Å². The number of aryl methyl sites for hydroxylation is 1. The second kappa shape index (κ2) is 12.0. The van der Waals surface area contributed by atoms with E-state index in [2.05, 4.69) is 11.0 Å². The van der Waals surface area contributed by atoms with Gasteiger partial charge in [0.1, 0.15) is 34.7 Å². The first-order valence-corrected chi connectivity index (χ1v) is 16.3. The zero-order valence-electron chi connectivity index (χ0n) is 29.1. The summed E-state index contributed by atoms with van der Waals surface area (Å²) in [6, 6.07) is 7.73. The van der Waals surface area contributed by atoms with Crippen molar-refractivity contribution >= 4 is 40.0 Å². The van der Waals surface area contributed by atoms with Crippen molar-refractivity contribution in [1.82, 2.24) is 14.5 Å². The normalized spacial score (nSPS) is 19.3. The van der Waals surface area contributed by atoms with E-state index in [0.717, 1.165) is 42.9 Å². The lowest BCUT2D eigenvalue weighted by Gasteiger charge is -2.44. The number of furan rings is 1. The first-order chi connectivity index (χ1) is 22.6. The Bertz CT molecular complexity index is 1920. The van der Waals surface area contributed by atoms with E-state index < -0.39 is 23.4 Å². The third-order valence-electron chi connectivity index (χ3n) is 8.81. The summed E-state index contributed by atoms with van der Waals surface area (Å²) in [5.41, 5.74) is 0.638. The summed E-state index contributed by atoms with van der Waals surface area (Å²) in [5.74, 6) is 1.20. The number of hydrogen-bond donors (Lipinski definition) is 0. The van der Waals surface area contributed by atoms with Crippen molar-refractivity contribution in [1.29, 1.82) is 5.26 Å². The van der Waals surface area contributed by atoms with Crippen molar-refractivity contribution in [3.8, 4) is 23.4 Å². The van der Waals surface area contributed by atoms with Gasteiger partial charge in [-0.3, -0.25) is 9.47 Å². The van der Waals surface area contributed by atoms with E-state index in [-0.39, 0.29) is 23.1 Å². The SMILES string of the molecule is COc1ccc(C)c(-n2c(N(C(=O)OC(C)(C)C)C(=O)OC(C)(C)C)c(C#N)c3c4occc4c(OC4CN5CCC4CC5)nc32)c1C. The number of nitrogens with zero attached hydrogens (tertiary/aromatic N) is 5. The molecule has 254 valence electrons. The number of carbonyl (C=O) groups is 2. The lowest BCUT2D eigenvalue weighted by molar-refractivity contribution is -0.00899. The van der Waals surface area contributed by atoms with Gasteiger partial charge in [-0.05, 0) is 105 Å². The number of imide groups is 1. The molecule has 0 aliphatic carbocycles. The van der Waals surface area contributed by atoms with Crippen LogP contribution in [-0.2, 0) is 9.47 Å². The molecule has 48 heavy (non-hydrogen) atoms. The summed E-state index contributed by atoms with van der Waals surface area (Å²) < 4.78 is 31.6. The number of piperidine rings is 3. The summed E-state index contributed by atoms with van der Waals surface area (Å²) in [7, 11) is 1.56. The van der Waals surface area contributed by atoms with Gasteiger partial charge < -0.3 is 23.4 Å². The number of rotatable bonds is 5. The summed E-state index contributed by atoms with van der Waals surface area (Å²) in [6.07, 6.45) is 1.50. The predicted molar refractivity (Wildman–Crippen MR) is 180 cm³/mol. The zero-order chi connectivity index (χ0) is 34.7. The van der Waals surface area contributed by atoms with Crippen LogP contribution in [0, 0.1) is 31.1 Å². The Labute approximate surface area is 280 Å². The number of methoxy groups -OCH3 is 1. The van der Waals surface area contributed by atoms with E-state index in [1.165, 1.54) is 6.26 Å². The molecule has 2 amide bonds. The van der Waals surface area contributed by atoms with Crippen LogP contribution in [0.1, 0.15) is 71.1 Å². The fourth-order valence-electron chi connectivity index (χ4n) is 6.75. The molecule has 12 heteroatoms. The number of hydrogen-bond acceptors (Lipinski definition) is 10. The maximum absolute atomic E-state index is 14.1. The summed E-state index contributed by atoms with van der Waals surface area (Å²) in [6.45, 7) is 16.8. The van der Waals surface area contributed by atoms with Gasteiger partial charge in [-0.15, -0.1) is 0 Å². The molecule has 4 aromatic rings. The van der Waals surface area contributed by atoms with Crippen molar-refractivity contribution in [2.75, 3.05) is 31.6 Å². The Morgan fingerprint density at radius 2 is 1.67 bits per heavy atom. The van der Waals surface area contributed by atoms with Crippen molar-refractivity contribution in [3.63, 3.8) is 0 Å². The molecule has 1 aromatic carbocycles. The van der Waals surface area contributed by atoms with Crippen LogP contribution in [0.5, 0.6) is 11.6 Å². The Balaban J connectivity index is 1.71. The molecule has 0 spiro atoms. The molecule has 3 fully saturated rings. The molecule has 6 heterocycles. The Morgan fingerprint density at radius 1 is 1.02 bits per heavy atom. The van der Waals surface area contributed by atoms with Gasteiger partial charge in [0.15, 0.2) is 17.0 Å². The Morgan fingerprint density at radius 3 is 2.21 bits per heavy atom. The van der Waals surface area contributed by atoms with Crippen LogP contribution in [0.2, 0.25) is 0 Å². The molecule has 1 atom stereocenters. The van der Waals surface area contributed by atoms with Crippen LogP contribution in [0.15, 0.2) is 28.9 Å². The lowest BCUT2D eigenvalue weighted by atomic mass is 9.86. The highest BCUT2D eigenvalue weighted by Gasteiger charge is 2.41. The van der Waals surface area contributed by atoms with Crippen LogP contribution in [0.3, 0.4) is 0 Å². The average Bonchev–Trinajstić information content (AvgIpc) is 3.60. The molecule has 7 rings (SSSR count). The second-order valence-electron chi connectivity index (χ2n) is 14.6. The van der Waals surface area contributed by atoms with Crippen LogP contribution >= 0.6 is 0 Å². The highest BCUT2D eigenvalue weighted by molar-refractivity contribution is 6.16. The molecular weight excluding hydrogens is 614 g/mol. The van der Waals surface area contributed by atoms with Crippen molar-refractivity contribution in [3.05, 3.63) is 41.2 Å². The molecule has 3 aliphatic heterocycles. The van der Waals surface area contributed by atoms with E-state index in [1.807, 2.05) is 26.0 Å². The molecule has 3 aromatic heterocycles. The third kappa shape index (κ3) is 5.92. The molecule has 0 N–H and O–H groups in total. The maximum atomic E-state index is 14.1. The van der Waals surface area contributed by atoms with Gasteiger partial charge in [0, 0.05) is 12.1 Å². The quantitative estimate of drug-likeness (QED) is 0.214. The van der Waals surface area contributed by atoms with Crippen LogP contribution in [0.4, 0.5) is 15.4 Å². The fourth-order valence-corrected chi connectivity index (χ4v) is 6.75. The second-order valence-corrected chi connectivity index (χ2v) is 14.6. The van der Waals surface area contributed by atoms with Gasteiger partial charge >= 0.3 is 12.2 Å². The van der Waals surface area contributed by atoms with Crippen LogP contribution < -0.4 is 14.4 Å². The molecule has 3 saturated heterocycles. The minimum Gasteiger partial charge on any atom is -0.496 e. The van der Waals surface area contributed by atoms with Gasteiger partial charge in [0.05, 0.1) is 29.8 Å². The van der Waals surface area contributed by atoms with Gasteiger partial charge in [-0.25, -0.2) is 9.59 Å². The Kier molecular flexibility index (Phi) is 8.32. The number of amides is 2. The topological polar surface area (TPSA) is 132 Å². The third-order valence-corrected chi connectivity index (χ3v) is 8.81. The summed E-state index contributed by atoms with van der Waals surface area (Å²) >= 11 is 0. The number of ether oxygens (including phenoxy) is 4. The predicted octanol–water partition coefficient (Wildman–Crippen LogP) is 7.42. The molecule has 12 nitrogen and oxygen atoms in total. The standard InChI is InChI=1S/C36H43N5O7/c1-20-10-11-25(44-9)21(2)28(20)40-30-27(24(18-37)32(40)41(33(42)47-35(3,4)5)34(43)48-36(6,7)8)29-23(14-17-45-29)31(38-30)46-26-19-39-15-12-22(26)13-16-39/h10-11,14,17,22,26H,12-13,15-16,19H2,1-9H3. The number of aromatic nitrogens is 2. The minimum atomic E-state index is -1.02. The average molecular weight is 658 g/mol. The van der Waals surface area contributed by atoms with Crippen molar-refractivity contribution in [2.24, 2.45) is 5.92 Å². The van der Waals surface area contributed by atoms with Crippen LogP contribution in [-0.4, -0.2) is 70.7 Å². The number of pyridine rings is 1. The lowest BCUT2D eigenvalue weighted by Crippen LogP contribution is -2.52. The molecule has 3 aliphatic rings. The maximum Gasteiger partial charge on any atom is 0.425 e.